The molecule has 0 fully saturated rings. The van der Waals surface area contributed by atoms with Gasteiger partial charge in [0.2, 0.25) is 5.88 Å². The summed E-state index contributed by atoms with van der Waals surface area (Å²) in [5.74, 6) is 0.275. The largest absolute Gasteiger partial charge is 0.507 e. The van der Waals surface area contributed by atoms with Crippen LogP contribution >= 0.6 is 0 Å². The van der Waals surface area contributed by atoms with Gasteiger partial charge in [-0.25, -0.2) is 14.4 Å². The van der Waals surface area contributed by atoms with E-state index >= 15 is 0 Å². The Morgan fingerprint density at radius 3 is 2.74 bits per heavy atom. The van der Waals surface area contributed by atoms with Gasteiger partial charge in [0.1, 0.15) is 17.4 Å². The van der Waals surface area contributed by atoms with Crippen LogP contribution in [0.4, 0.5) is 4.39 Å². The van der Waals surface area contributed by atoms with E-state index in [-0.39, 0.29) is 24.0 Å². The Bertz CT molecular complexity index is 1550. The zero-order chi connectivity index (χ0) is 24.4. The molecule has 3 aromatic carbocycles. The fourth-order valence-corrected chi connectivity index (χ4v) is 3.86. The number of carbonyl (C=O) groups excluding carboxylic acids is 1. The molecule has 0 atom stereocenters. The molecule has 0 radical (unpaired) electrons. The molecule has 0 saturated heterocycles. The first kappa shape index (κ1) is 22.1. The number of aromatic nitrogens is 3. The first-order valence-electron chi connectivity index (χ1n) is 10.9. The zero-order valence-electron chi connectivity index (χ0n) is 18.7. The maximum atomic E-state index is 13.8. The first-order chi connectivity index (χ1) is 17.0. The number of aromatic hydroxyl groups is 1. The van der Waals surface area contributed by atoms with Gasteiger partial charge in [0.05, 0.1) is 23.7 Å². The van der Waals surface area contributed by atoms with E-state index in [1.165, 1.54) is 6.07 Å². The van der Waals surface area contributed by atoms with E-state index in [9.17, 15) is 14.3 Å². The second-order valence-electron chi connectivity index (χ2n) is 7.88. The van der Waals surface area contributed by atoms with Crippen LogP contribution in [0.5, 0.6) is 11.6 Å². The molecule has 8 heteroatoms. The minimum absolute atomic E-state index is 0.0542. The molecule has 0 aliphatic rings. The van der Waals surface area contributed by atoms with Crippen molar-refractivity contribution in [3.8, 4) is 34.1 Å². The molecule has 35 heavy (non-hydrogen) atoms. The molecule has 7 nitrogen and oxygen atoms in total. The van der Waals surface area contributed by atoms with Crippen LogP contribution in [0, 0.1) is 5.82 Å². The van der Waals surface area contributed by atoms with Gasteiger partial charge in [-0.3, -0.25) is 4.79 Å². The van der Waals surface area contributed by atoms with Crippen molar-refractivity contribution in [3.63, 3.8) is 0 Å². The average Bonchev–Trinajstić information content (AvgIpc) is 3.31. The van der Waals surface area contributed by atoms with Gasteiger partial charge in [0, 0.05) is 29.4 Å². The highest BCUT2D eigenvalue weighted by atomic mass is 19.1. The third-order valence-corrected chi connectivity index (χ3v) is 5.67. The van der Waals surface area contributed by atoms with Crippen LogP contribution in [0.25, 0.3) is 33.5 Å². The standard InChI is InChI=1S/C27H21FN4O3/c1-35-27-19(6-4-12-29-27)16-9-11-24(33)20(13-16)25-31-22-10-8-17(14-23(22)32-25)26(34)30-15-18-5-2-3-7-21(18)28/h2-14,33H,15H2,1H3,(H,30,34)(H,31,32). The van der Waals surface area contributed by atoms with Crippen molar-refractivity contribution in [2.45, 2.75) is 6.54 Å². The van der Waals surface area contributed by atoms with E-state index in [0.29, 0.717) is 39.4 Å². The molecule has 3 N–H and O–H groups in total. The number of benzene rings is 3. The summed E-state index contributed by atoms with van der Waals surface area (Å²) in [7, 11) is 1.55. The number of methoxy groups -OCH3 is 1. The number of rotatable bonds is 6. The molecule has 5 rings (SSSR count). The quantitative estimate of drug-likeness (QED) is 0.323. The zero-order valence-corrected chi connectivity index (χ0v) is 18.7. The number of nitrogens with zero attached hydrogens (tertiary/aromatic N) is 2. The van der Waals surface area contributed by atoms with E-state index in [1.807, 2.05) is 12.1 Å². The van der Waals surface area contributed by atoms with Crippen LogP contribution in [-0.2, 0) is 6.54 Å². The number of ether oxygens (including phenoxy) is 1. The number of pyridine rings is 1. The lowest BCUT2D eigenvalue weighted by atomic mass is 10.0. The van der Waals surface area contributed by atoms with Gasteiger partial charge >= 0.3 is 0 Å². The van der Waals surface area contributed by atoms with Crippen LogP contribution in [0.15, 0.2) is 79.0 Å². The second-order valence-corrected chi connectivity index (χ2v) is 7.88. The third kappa shape index (κ3) is 4.41. The lowest BCUT2D eigenvalue weighted by Gasteiger charge is -2.09. The molecule has 1 amide bonds. The summed E-state index contributed by atoms with van der Waals surface area (Å²) < 4.78 is 19.2. The number of carbonyl (C=O) groups is 1. The summed E-state index contributed by atoms with van der Waals surface area (Å²) in [6, 6.07) is 20.2. The summed E-state index contributed by atoms with van der Waals surface area (Å²) in [4.78, 5) is 24.6. The van der Waals surface area contributed by atoms with Gasteiger partial charge in [-0.1, -0.05) is 24.3 Å². The second kappa shape index (κ2) is 9.26. The fourth-order valence-electron chi connectivity index (χ4n) is 3.86. The molecular weight excluding hydrogens is 447 g/mol. The Kier molecular flexibility index (Phi) is 5.85. The predicted molar refractivity (Wildman–Crippen MR) is 131 cm³/mol. The first-order valence-corrected chi connectivity index (χ1v) is 10.9. The Morgan fingerprint density at radius 1 is 1.06 bits per heavy atom. The third-order valence-electron chi connectivity index (χ3n) is 5.67. The monoisotopic (exact) mass is 468 g/mol. The Balaban J connectivity index is 1.43. The molecule has 0 spiro atoms. The molecule has 0 bridgehead atoms. The minimum Gasteiger partial charge on any atom is -0.507 e. The lowest BCUT2D eigenvalue weighted by molar-refractivity contribution is 0.0950. The molecule has 0 saturated carbocycles. The number of H-pyrrole nitrogens is 1. The van der Waals surface area contributed by atoms with Crippen LogP contribution in [0.2, 0.25) is 0 Å². The smallest absolute Gasteiger partial charge is 0.251 e. The summed E-state index contributed by atoms with van der Waals surface area (Å²) in [6.45, 7) is 0.0796. The number of imidazole rings is 1. The number of halogens is 1. The van der Waals surface area contributed by atoms with Gasteiger partial charge in [-0.2, -0.15) is 0 Å². The molecule has 0 aliphatic heterocycles. The van der Waals surface area contributed by atoms with Crippen LogP contribution in [0.1, 0.15) is 15.9 Å². The van der Waals surface area contributed by atoms with Crippen LogP contribution in [-0.4, -0.2) is 33.1 Å². The maximum absolute atomic E-state index is 13.8. The van der Waals surface area contributed by atoms with E-state index in [2.05, 4.69) is 20.3 Å². The van der Waals surface area contributed by atoms with E-state index in [0.717, 1.165) is 11.1 Å². The molecule has 2 aromatic heterocycles. The number of hydrogen-bond donors (Lipinski definition) is 3. The van der Waals surface area contributed by atoms with Crippen LogP contribution < -0.4 is 10.1 Å². The number of amides is 1. The van der Waals surface area contributed by atoms with Crippen molar-refractivity contribution in [1.29, 1.82) is 0 Å². The number of phenolic OH excluding ortho intramolecular Hbond substituents is 1. The van der Waals surface area contributed by atoms with Crippen molar-refractivity contribution in [2.75, 3.05) is 7.11 Å². The highest BCUT2D eigenvalue weighted by Gasteiger charge is 2.15. The Morgan fingerprint density at radius 2 is 1.91 bits per heavy atom. The molecule has 5 aromatic rings. The summed E-state index contributed by atoms with van der Waals surface area (Å²) in [6.07, 6.45) is 1.65. The van der Waals surface area contributed by atoms with Crippen molar-refractivity contribution >= 4 is 16.9 Å². The molecule has 0 unspecified atom stereocenters. The van der Waals surface area contributed by atoms with Crippen molar-refractivity contribution in [2.24, 2.45) is 0 Å². The summed E-state index contributed by atoms with van der Waals surface area (Å²) in [5, 5.41) is 13.3. The fraction of sp³-hybridized carbons (Fsp3) is 0.0741. The highest BCUT2D eigenvalue weighted by molar-refractivity contribution is 5.97. The molecule has 174 valence electrons. The maximum Gasteiger partial charge on any atom is 0.251 e. The Labute approximate surface area is 200 Å². The van der Waals surface area contributed by atoms with Crippen LogP contribution in [0.3, 0.4) is 0 Å². The molecule has 2 heterocycles. The number of fused-ring (bicyclic) bond motifs is 1. The summed E-state index contributed by atoms with van der Waals surface area (Å²) in [5.41, 5.74) is 4.15. The van der Waals surface area contributed by atoms with Gasteiger partial charge in [-0.15, -0.1) is 0 Å². The topological polar surface area (TPSA) is 100 Å². The normalized spacial score (nSPS) is 10.9. The molecule has 0 aliphatic carbocycles. The number of phenols is 1. The predicted octanol–water partition coefficient (Wildman–Crippen LogP) is 5.08. The van der Waals surface area contributed by atoms with Gasteiger partial charge in [0.25, 0.3) is 5.91 Å². The SMILES string of the molecule is COc1ncccc1-c1ccc(O)c(-c2nc3ccc(C(=O)NCc4ccccc4F)cc3[nH]2)c1. The summed E-state index contributed by atoms with van der Waals surface area (Å²) >= 11 is 0. The van der Waals surface area contributed by atoms with Crippen molar-refractivity contribution in [1.82, 2.24) is 20.3 Å². The lowest BCUT2D eigenvalue weighted by Crippen LogP contribution is -2.23. The van der Waals surface area contributed by atoms with Crippen molar-refractivity contribution < 1.29 is 19.0 Å². The number of aromatic amines is 1. The molecular formula is C27H21FN4O3. The number of hydrogen-bond acceptors (Lipinski definition) is 5. The van der Waals surface area contributed by atoms with Gasteiger partial charge in [0.15, 0.2) is 0 Å². The van der Waals surface area contributed by atoms with E-state index < -0.39 is 0 Å². The van der Waals surface area contributed by atoms with Crippen molar-refractivity contribution in [3.05, 3.63) is 95.9 Å². The minimum atomic E-state index is -0.368. The van der Waals surface area contributed by atoms with E-state index in [1.54, 1.807) is 67.9 Å². The average molecular weight is 468 g/mol. The van der Waals surface area contributed by atoms with E-state index in [4.69, 9.17) is 4.74 Å². The Hall–Kier alpha value is -4.72. The number of nitrogens with one attached hydrogen (secondary N) is 2. The highest BCUT2D eigenvalue weighted by Crippen LogP contribution is 2.35. The van der Waals surface area contributed by atoms with Gasteiger partial charge < -0.3 is 20.1 Å². The van der Waals surface area contributed by atoms with Gasteiger partial charge in [-0.05, 0) is 54.1 Å².